The van der Waals surface area contributed by atoms with Crippen LogP contribution in [0.2, 0.25) is 0 Å². The van der Waals surface area contributed by atoms with Crippen LogP contribution in [0.3, 0.4) is 0 Å². The molecule has 1 radical (unpaired) electrons. The van der Waals surface area contributed by atoms with Gasteiger partial charge in [-0.05, 0) is 38.1 Å². The summed E-state index contributed by atoms with van der Waals surface area (Å²) in [6, 6.07) is 3.65. The van der Waals surface area contributed by atoms with Crippen LogP contribution in [-0.2, 0) is 4.84 Å². The molecule has 5 nitrogen and oxygen atoms in total. The van der Waals surface area contributed by atoms with Crippen LogP contribution in [0, 0.1) is 0 Å². The second kappa shape index (κ2) is 7.86. The number of nitrogens with zero attached hydrogens (tertiary/aromatic N) is 3. The van der Waals surface area contributed by atoms with Crippen LogP contribution >= 0.6 is 0 Å². The zero-order valence-electron chi connectivity index (χ0n) is 11.0. The SMILES string of the molecule is OC(CO/N=[C]/c1cccnc1)CN1CCCCC1. The zero-order chi connectivity index (χ0) is 13.3. The molecule has 1 fully saturated rings. The Balaban J connectivity index is 1.63. The highest BCUT2D eigenvalue weighted by molar-refractivity contribution is 5.78. The number of likely N-dealkylation sites (tertiary alicyclic amines) is 1. The van der Waals surface area contributed by atoms with E-state index >= 15 is 0 Å². The first-order valence-corrected chi connectivity index (χ1v) is 6.73. The van der Waals surface area contributed by atoms with Crippen LogP contribution in [0.5, 0.6) is 0 Å². The van der Waals surface area contributed by atoms with Gasteiger partial charge in [0.05, 0.1) is 0 Å². The topological polar surface area (TPSA) is 58.0 Å². The summed E-state index contributed by atoms with van der Waals surface area (Å²) in [6.07, 6.45) is 9.30. The Kier molecular flexibility index (Phi) is 5.78. The molecule has 0 spiro atoms. The number of hydrogen-bond donors (Lipinski definition) is 1. The molecule has 1 aromatic heterocycles. The third-order valence-electron chi connectivity index (χ3n) is 3.09. The van der Waals surface area contributed by atoms with E-state index in [-0.39, 0.29) is 6.61 Å². The van der Waals surface area contributed by atoms with Crippen molar-refractivity contribution in [2.24, 2.45) is 5.16 Å². The van der Waals surface area contributed by atoms with Crippen LogP contribution in [-0.4, -0.2) is 53.6 Å². The van der Waals surface area contributed by atoms with Crippen molar-refractivity contribution in [3.05, 3.63) is 30.1 Å². The van der Waals surface area contributed by atoms with Crippen molar-refractivity contribution >= 4 is 6.21 Å². The first-order chi connectivity index (χ1) is 9.34. The number of β-amino-alcohol motifs (C(OH)–C–C–N with tert-alkyl or cyclic N) is 1. The number of aliphatic hydroxyl groups is 1. The van der Waals surface area contributed by atoms with Gasteiger partial charge in [0, 0.05) is 24.5 Å². The lowest BCUT2D eigenvalue weighted by Gasteiger charge is -2.27. The summed E-state index contributed by atoms with van der Waals surface area (Å²) >= 11 is 0. The Morgan fingerprint density at radius 3 is 3.00 bits per heavy atom. The molecule has 1 unspecified atom stereocenters. The molecule has 1 atom stereocenters. The summed E-state index contributed by atoms with van der Waals surface area (Å²) in [7, 11) is 0. The van der Waals surface area contributed by atoms with Crippen molar-refractivity contribution in [3.8, 4) is 0 Å². The third-order valence-corrected chi connectivity index (χ3v) is 3.09. The van der Waals surface area contributed by atoms with Gasteiger partial charge in [-0.2, -0.15) is 0 Å². The van der Waals surface area contributed by atoms with Crippen LogP contribution in [0.15, 0.2) is 29.7 Å². The van der Waals surface area contributed by atoms with Gasteiger partial charge in [-0.1, -0.05) is 11.6 Å². The predicted octanol–water partition coefficient (Wildman–Crippen LogP) is 1.16. The van der Waals surface area contributed by atoms with Crippen LogP contribution in [0.1, 0.15) is 24.8 Å². The first-order valence-electron chi connectivity index (χ1n) is 6.73. The fourth-order valence-corrected chi connectivity index (χ4v) is 2.13. The second-order valence-electron chi connectivity index (χ2n) is 4.76. The molecular weight excluding hydrogens is 242 g/mol. The van der Waals surface area contributed by atoms with Crippen molar-refractivity contribution in [2.45, 2.75) is 25.4 Å². The molecule has 1 aliphatic heterocycles. The Hall–Kier alpha value is -1.46. The molecule has 0 bridgehead atoms. The summed E-state index contributed by atoms with van der Waals surface area (Å²) in [4.78, 5) is 11.3. The number of aromatic nitrogens is 1. The van der Waals surface area contributed by atoms with E-state index in [1.807, 2.05) is 12.1 Å². The predicted molar refractivity (Wildman–Crippen MR) is 73.0 cm³/mol. The lowest BCUT2D eigenvalue weighted by molar-refractivity contribution is 0.0163. The van der Waals surface area contributed by atoms with Crippen LogP contribution in [0.4, 0.5) is 0 Å². The highest BCUT2D eigenvalue weighted by Crippen LogP contribution is 2.08. The minimum absolute atomic E-state index is 0.198. The Labute approximate surface area is 113 Å². The van der Waals surface area contributed by atoms with Crippen LogP contribution < -0.4 is 0 Å². The van der Waals surface area contributed by atoms with Crippen molar-refractivity contribution < 1.29 is 9.94 Å². The molecule has 19 heavy (non-hydrogen) atoms. The fourth-order valence-electron chi connectivity index (χ4n) is 2.13. The molecule has 0 saturated carbocycles. The molecule has 0 amide bonds. The number of hydrogen-bond acceptors (Lipinski definition) is 5. The molecule has 1 aliphatic rings. The third kappa shape index (κ3) is 5.36. The van der Waals surface area contributed by atoms with Crippen molar-refractivity contribution in [2.75, 3.05) is 26.2 Å². The van der Waals surface area contributed by atoms with E-state index in [1.165, 1.54) is 19.3 Å². The van der Waals surface area contributed by atoms with Crippen LogP contribution in [0.25, 0.3) is 0 Å². The average molecular weight is 262 g/mol. The minimum atomic E-state index is -0.502. The molecule has 0 aromatic carbocycles. The maximum atomic E-state index is 9.83. The van der Waals surface area contributed by atoms with E-state index in [1.54, 1.807) is 12.4 Å². The van der Waals surface area contributed by atoms with Gasteiger partial charge in [-0.25, -0.2) is 0 Å². The molecule has 2 heterocycles. The maximum Gasteiger partial charge on any atom is 0.144 e. The maximum absolute atomic E-state index is 9.83. The minimum Gasteiger partial charge on any atom is -0.392 e. The van der Waals surface area contributed by atoms with Gasteiger partial charge < -0.3 is 14.8 Å². The summed E-state index contributed by atoms with van der Waals surface area (Å²) in [6.45, 7) is 3.00. The lowest BCUT2D eigenvalue weighted by Crippen LogP contribution is -2.37. The molecule has 2 rings (SSSR count). The Morgan fingerprint density at radius 1 is 1.42 bits per heavy atom. The van der Waals surface area contributed by atoms with Gasteiger partial charge in [0.2, 0.25) is 0 Å². The molecule has 5 heteroatoms. The van der Waals surface area contributed by atoms with Gasteiger partial charge in [-0.15, -0.1) is 0 Å². The van der Waals surface area contributed by atoms with E-state index in [2.05, 4.69) is 21.3 Å². The van der Waals surface area contributed by atoms with Crippen molar-refractivity contribution in [3.63, 3.8) is 0 Å². The highest BCUT2D eigenvalue weighted by Gasteiger charge is 2.14. The number of pyridine rings is 1. The standard InChI is InChI=1S/C14H20N3O2/c18-14(11-17-7-2-1-3-8-17)12-19-16-10-13-5-4-6-15-9-13/h4-6,9,14,18H,1-3,7-8,11-12H2. The van der Waals surface area contributed by atoms with E-state index < -0.39 is 6.10 Å². The highest BCUT2D eigenvalue weighted by atomic mass is 16.6. The molecule has 1 N–H and O–H groups in total. The Morgan fingerprint density at radius 2 is 2.26 bits per heavy atom. The van der Waals surface area contributed by atoms with Gasteiger partial charge >= 0.3 is 0 Å². The number of rotatable bonds is 6. The Bertz CT molecular complexity index is 378. The fraction of sp³-hybridized carbons (Fsp3) is 0.571. The van der Waals surface area contributed by atoms with Gasteiger partial charge in [0.1, 0.15) is 18.9 Å². The van der Waals surface area contributed by atoms with E-state index in [4.69, 9.17) is 4.84 Å². The normalized spacial score (nSPS) is 18.6. The zero-order valence-corrected chi connectivity index (χ0v) is 11.0. The molecule has 1 saturated heterocycles. The van der Waals surface area contributed by atoms with E-state index in [9.17, 15) is 5.11 Å². The first kappa shape index (κ1) is 14.0. The van der Waals surface area contributed by atoms with E-state index in [0.29, 0.717) is 6.54 Å². The number of piperidine rings is 1. The number of aliphatic hydroxyl groups excluding tert-OH is 1. The average Bonchev–Trinajstić information content (AvgIpc) is 2.46. The molecule has 103 valence electrons. The summed E-state index contributed by atoms with van der Waals surface area (Å²) in [5.41, 5.74) is 0.757. The summed E-state index contributed by atoms with van der Waals surface area (Å²) < 4.78 is 0. The summed E-state index contributed by atoms with van der Waals surface area (Å²) in [5, 5.41) is 13.5. The van der Waals surface area contributed by atoms with E-state index in [0.717, 1.165) is 18.7 Å². The van der Waals surface area contributed by atoms with Gasteiger partial charge in [0.15, 0.2) is 0 Å². The van der Waals surface area contributed by atoms with Gasteiger partial charge in [0.25, 0.3) is 0 Å². The van der Waals surface area contributed by atoms with Crippen molar-refractivity contribution in [1.29, 1.82) is 0 Å². The summed E-state index contributed by atoms with van der Waals surface area (Å²) in [5.74, 6) is 0. The molecule has 1 aromatic rings. The lowest BCUT2D eigenvalue weighted by atomic mass is 10.1. The second-order valence-corrected chi connectivity index (χ2v) is 4.76. The monoisotopic (exact) mass is 262 g/mol. The largest absolute Gasteiger partial charge is 0.392 e. The molecular formula is C14H20N3O2. The molecule has 0 aliphatic carbocycles. The smallest absolute Gasteiger partial charge is 0.144 e. The quantitative estimate of drug-likeness (QED) is 0.617. The van der Waals surface area contributed by atoms with Gasteiger partial charge in [-0.3, -0.25) is 4.98 Å². The van der Waals surface area contributed by atoms with Crippen molar-refractivity contribution in [1.82, 2.24) is 9.88 Å².